The van der Waals surface area contributed by atoms with Crippen LogP contribution in [0.25, 0.3) is 0 Å². The fourth-order valence-electron chi connectivity index (χ4n) is 3.10. The van der Waals surface area contributed by atoms with Gasteiger partial charge in [-0.05, 0) is 0 Å². The molecule has 7 atom stereocenters. The number of phosphoric ester groups is 1. The van der Waals surface area contributed by atoms with Gasteiger partial charge >= 0.3 is 29.2 Å². The van der Waals surface area contributed by atoms with Gasteiger partial charge in [0.2, 0.25) is 5.67 Å². The second kappa shape index (κ2) is 7.40. The molecule has 0 bridgehead atoms. The standard InChI is InChI=1S/C10H12F3N2O14P3/c11-3-8(12)6(15-2-1-4(16)14-7(15)17)26-10(13)5(9(8,10)18)27-31(22,23)29-32(24,25)28-30(19,20)21/h1-2,5-6,18H,3H2,(H,22,23)(H,24,25)(H,14,16,17)(H2,19,20,21)/t5?,6-,8+,9+,10-/m1/s1. The lowest BCUT2D eigenvalue weighted by molar-refractivity contribution is -0.167. The minimum Gasteiger partial charge on any atom is -0.378 e. The Hall–Kier alpha value is -1.20. The molecule has 2 fully saturated rings. The van der Waals surface area contributed by atoms with Crippen LogP contribution in [0.15, 0.2) is 21.9 Å². The Labute approximate surface area is 172 Å². The third kappa shape index (κ3) is 3.98. The molecular formula is C10H12F3N2O14P3. The van der Waals surface area contributed by atoms with Crippen LogP contribution in [-0.2, 0) is 31.6 Å². The number of alkyl halides is 3. The molecule has 0 spiro atoms. The van der Waals surface area contributed by atoms with E-state index in [1.165, 1.54) is 0 Å². The van der Waals surface area contributed by atoms with E-state index in [9.17, 15) is 37.7 Å². The maximum absolute atomic E-state index is 15.4. The third-order valence-electron chi connectivity index (χ3n) is 4.41. The maximum Gasteiger partial charge on any atom is 0.490 e. The third-order valence-corrected chi connectivity index (χ3v) is 8.22. The molecule has 0 radical (unpaired) electrons. The first-order valence-corrected chi connectivity index (χ1v) is 12.3. The van der Waals surface area contributed by atoms with Gasteiger partial charge in [0.05, 0.1) is 0 Å². The number of ether oxygens (including phenoxy) is 1. The topological polar surface area (TPSA) is 244 Å². The summed E-state index contributed by atoms with van der Waals surface area (Å²) >= 11 is 0. The van der Waals surface area contributed by atoms with Crippen molar-refractivity contribution in [2.45, 2.75) is 29.5 Å². The molecule has 22 heteroatoms. The number of fused-ring (bicyclic) bond motifs is 1. The van der Waals surface area contributed by atoms with Crippen molar-refractivity contribution in [1.82, 2.24) is 9.55 Å². The Morgan fingerprint density at radius 1 is 1.12 bits per heavy atom. The molecule has 1 saturated heterocycles. The summed E-state index contributed by atoms with van der Waals surface area (Å²) < 4.78 is 93.2. The van der Waals surface area contributed by atoms with Gasteiger partial charge < -0.3 is 29.4 Å². The van der Waals surface area contributed by atoms with Crippen LogP contribution in [0.5, 0.6) is 0 Å². The zero-order chi connectivity index (χ0) is 24.5. The largest absolute Gasteiger partial charge is 0.490 e. The van der Waals surface area contributed by atoms with E-state index in [1.54, 1.807) is 4.98 Å². The van der Waals surface area contributed by atoms with Crippen LogP contribution < -0.4 is 11.2 Å². The number of aliphatic hydroxyl groups is 1. The van der Waals surface area contributed by atoms with Crippen molar-refractivity contribution in [3.8, 4) is 0 Å². The van der Waals surface area contributed by atoms with Crippen molar-refractivity contribution in [3.63, 3.8) is 0 Å². The predicted molar refractivity (Wildman–Crippen MR) is 88.8 cm³/mol. The van der Waals surface area contributed by atoms with Gasteiger partial charge in [0.15, 0.2) is 17.9 Å². The molecule has 182 valence electrons. The smallest absolute Gasteiger partial charge is 0.378 e. The minimum absolute atomic E-state index is 0.161. The van der Waals surface area contributed by atoms with Crippen LogP contribution >= 0.6 is 23.5 Å². The van der Waals surface area contributed by atoms with Gasteiger partial charge in [0.1, 0.15) is 6.67 Å². The average molecular weight is 534 g/mol. The van der Waals surface area contributed by atoms with Crippen molar-refractivity contribution in [1.29, 1.82) is 0 Å². The Balaban J connectivity index is 1.88. The molecule has 2 aliphatic rings. The summed E-state index contributed by atoms with van der Waals surface area (Å²) in [6.45, 7) is -2.28. The predicted octanol–water partition coefficient (Wildman–Crippen LogP) is -1.13. The van der Waals surface area contributed by atoms with Crippen LogP contribution in [-0.4, -0.2) is 64.1 Å². The highest BCUT2D eigenvalue weighted by atomic mass is 31.3. The number of H-pyrrole nitrogens is 1. The number of aromatic nitrogens is 2. The molecule has 32 heavy (non-hydrogen) atoms. The highest BCUT2D eigenvalue weighted by Gasteiger charge is 2.98. The van der Waals surface area contributed by atoms with E-state index in [0.29, 0.717) is 12.3 Å². The van der Waals surface area contributed by atoms with E-state index in [2.05, 4.69) is 17.9 Å². The molecular weight excluding hydrogens is 522 g/mol. The van der Waals surface area contributed by atoms with Crippen molar-refractivity contribution in [2.75, 3.05) is 6.67 Å². The van der Waals surface area contributed by atoms with Gasteiger partial charge in [-0.25, -0.2) is 31.7 Å². The molecule has 16 nitrogen and oxygen atoms in total. The van der Waals surface area contributed by atoms with Crippen LogP contribution in [0.3, 0.4) is 0 Å². The summed E-state index contributed by atoms with van der Waals surface area (Å²) in [5.41, 5.74) is -10.0. The normalized spacial score (nSPS) is 38.0. The van der Waals surface area contributed by atoms with E-state index in [0.717, 1.165) is 0 Å². The van der Waals surface area contributed by atoms with Crippen molar-refractivity contribution in [2.24, 2.45) is 0 Å². The van der Waals surface area contributed by atoms with Crippen LogP contribution in [0.2, 0.25) is 0 Å². The number of hydrogen-bond donors (Lipinski definition) is 6. The fraction of sp³-hybridized carbons (Fsp3) is 0.600. The Morgan fingerprint density at radius 3 is 2.22 bits per heavy atom. The Kier molecular flexibility index (Phi) is 5.88. The second-order valence-corrected chi connectivity index (χ2v) is 10.8. The molecule has 0 aromatic carbocycles. The first kappa shape index (κ1) is 25.4. The van der Waals surface area contributed by atoms with Crippen molar-refractivity contribution >= 4 is 23.5 Å². The minimum atomic E-state index is -6.07. The summed E-state index contributed by atoms with van der Waals surface area (Å²) in [4.78, 5) is 59.9. The highest BCUT2D eigenvalue weighted by molar-refractivity contribution is 7.66. The lowest BCUT2D eigenvalue weighted by atomic mass is 9.96. The molecule has 1 saturated carbocycles. The van der Waals surface area contributed by atoms with Crippen molar-refractivity contribution < 1.29 is 69.4 Å². The Morgan fingerprint density at radius 2 is 1.72 bits per heavy atom. The zero-order valence-electron chi connectivity index (χ0n) is 14.8. The molecule has 1 aromatic rings. The van der Waals surface area contributed by atoms with E-state index >= 15 is 8.78 Å². The fourth-order valence-corrected chi connectivity index (χ4v) is 6.31. The number of rotatable bonds is 8. The van der Waals surface area contributed by atoms with E-state index in [-0.39, 0.29) is 4.57 Å². The van der Waals surface area contributed by atoms with E-state index < -0.39 is 70.8 Å². The SMILES string of the molecule is O=c1ccn([C@@H]2O[C@]3(F)C(OP(=O)(O)OP(=O)(O)OP(=O)(O)O)[C@]3(O)[C@]2(F)CF)c(=O)[nH]1. The lowest BCUT2D eigenvalue weighted by Crippen LogP contribution is -2.51. The molecule has 3 rings (SSSR count). The molecule has 3 unspecified atom stereocenters. The second-order valence-electron chi connectivity index (χ2n) is 6.47. The number of aromatic amines is 1. The first-order valence-electron chi connectivity index (χ1n) is 7.79. The van der Waals surface area contributed by atoms with Crippen LogP contribution in [0, 0.1) is 0 Å². The number of nitrogens with zero attached hydrogens (tertiary/aromatic N) is 1. The van der Waals surface area contributed by atoms with Gasteiger partial charge in [0, 0.05) is 12.3 Å². The van der Waals surface area contributed by atoms with Gasteiger partial charge in [-0.3, -0.25) is 18.9 Å². The number of hydrogen-bond acceptors (Lipinski definition) is 10. The average Bonchev–Trinajstić information content (AvgIpc) is 2.96. The summed E-state index contributed by atoms with van der Waals surface area (Å²) in [7, 11) is -17.9. The van der Waals surface area contributed by atoms with Crippen LogP contribution in [0.4, 0.5) is 13.2 Å². The van der Waals surface area contributed by atoms with Gasteiger partial charge in [0.25, 0.3) is 11.4 Å². The summed E-state index contributed by atoms with van der Waals surface area (Å²) in [6.07, 6.45) is -4.89. The summed E-state index contributed by atoms with van der Waals surface area (Å²) in [5.74, 6) is -3.83. The first-order chi connectivity index (χ1) is 14.3. The quantitative estimate of drug-likeness (QED) is 0.216. The van der Waals surface area contributed by atoms with E-state index in [4.69, 9.17) is 14.7 Å². The molecule has 2 heterocycles. The highest BCUT2D eigenvalue weighted by Crippen LogP contribution is 2.75. The molecule has 1 aliphatic heterocycles. The lowest BCUT2D eigenvalue weighted by Gasteiger charge is -2.31. The monoisotopic (exact) mass is 534 g/mol. The number of nitrogens with one attached hydrogen (secondary N) is 1. The number of phosphoric acid groups is 3. The summed E-state index contributed by atoms with van der Waals surface area (Å²) in [6, 6.07) is 0.645. The summed E-state index contributed by atoms with van der Waals surface area (Å²) in [5, 5.41) is 10.3. The van der Waals surface area contributed by atoms with Crippen molar-refractivity contribution in [3.05, 3.63) is 33.1 Å². The van der Waals surface area contributed by atoms with Gasteiger partial charge in [-0.15, -0.1) is 0 Å². The zero-order valence-corrected chi connectivity index (χ0v) is 17.5. The molecule has 1 aromatic heterocycles. The molecule has 6 N–H and O–H groups in total. The number of halogens is 3. The maximum atomic E-state index is 15.4. The molecule has 1 aliphatic carbocycles. The Bertz CT molecular complexity index is 1200. The van der Waals surface area contributed by atoms with Gasteiger partial charge in [-0.1, -0.05) is 0 Å². The van der Waals surface area contributed by atoms with E-state index in [1.807, 2.05) is 0 Å². The van der Waals surface area contributed by atoms with Crippen LogP contribution in [0.1, 0.15) is 6.23 Å². The van der Waals surface area contributed by atoms with Gasteiger partial charge in [-0.2, -0.15) is 8.62 Å². The molecule has 0 amide bonds.